The fourth-order valence-electron chi connectivity index (χ4n) is 2.83. The molecule has 0 spiro atoms. The number of hydrogen-bond donors (Lipinski definition) is 4. The highest BCUT2D eigenvalue weighted by molar-refractivity contribution is 5.76. The predicted molar refractivity (Wildman–Crippen MR) is 83.3 cm³/mol. The summed E-state index contributed by atoms with van der Waals surface area (Å²) >= 11 is 0. The van der Waals surface area contributed by atoms with Crippen LogP contribution in [0.1, 0.15) is 13.2 Å². The molecule has 10 nitrogen and oxygen atoms in total. The number of nitrogens with two attached hydrogens (primary N) is 1. The van der Waals surface area contributed by atoms with Gasteiger partial charge in [-0.05, 0) is 13.0 Å². The first-order valence-corrected chi connectivity index (χ1v) is 7.23. The van der Waals surface area contributed by atoms with Gasteiger partial charge in [0, 0.05) is 6.20 Å². The van der Waals surface area contributed by atoms with E-state index in [2.05, 4.69) is 20.3 Å². The molecule has 0 radical (unpaired) electrons. The van der Waals surface area contributed by atoms with Gasteiger partial charge >= 0.3 is 0 Å². The Hall–Kier alpha value is -2.81. The van der Waals surface area contributed by atoms with Crippen LogP contribution in [0.2, 0.25) is 0 Å². The molecular formula is C14H15FN6O4. The molecule has 1 unspecified atom stereocenters. The first-order valence-electron chi connectivity index (χ1n) is 7.23. The van der Waals surface area contributed by atoms with E-state index < -0.39 is 35.8 Å². The Balaban J connectivity index is 2.18. The maximum Gasteiger partial charge on any atom is 0.261 e. The zero-order valence-electron chi connectivity index (χ0n) is 13.0. The molecule has 3 heterocycles. The summed E-state index contributed by atoms with van der Waals surface area (Å²) in [5.41, 5.74) is -3.19. The number of hydrogen-bond acceptors (Lipinski definition) is 7. The van der Waals surface area contributed by atoms with Crippen LogP contribution in [0.4, 0.5) is 10.3 Å². The Morgan fingerprint density at radius 3 is 3.00 bits per heavy atom. The van der Waals surface area contributed by atoms with E-state index in [-0.39, 0.29) is 17.0 Å². The lowest BCUT2D eigenvalue weighted by atomic mass is 9.95. The van der Waals surface area contributed by atoms with E-state index in [9.17, 15) is 15.0 Å². The number of nitrogens with zero attached hydrogens (tertiary/aromatic N) is 4. The fraction of sp³-hybridized carbons (Fsp3) is 0.429. The summed E-state index contributed by atoms with van der Waals surface area (Å²) in [5.74, 6) is 6.63. The number of alkyl halides is 1. The maximum absolute atomic E-state index is 15.2. The molecule has 1 aliphatic heterocycles. The van der Waals surface area contributed by atoms with Gasteiger partial charge in [0.15, 0.2) is 11.9 Å². The second kappa shape index (κ2) is 5.92. The molecule has 0 amide bonds. The number of terminal acetylenes is 1. The van der Waals surface area contributed by atoms with Gasteiger partial charge < -0.3 is 25.4 Å². The summed E-state index contributed by atoms with van der Waals surface area (Å²) in [5, 5.41) is 26.4. The topological polar surface area (TPSA) is 151 Å². The summed E-state index contributed by atoms with van der Waals surface area (Å²) in [6.45, 7) is 1.34. The van der Waals surface area contributed by atoms with Crippen molar-refractivity contribution in [1.29, 1.82) is 0 Å². The van der Waals surface area contributed by atoms with E-state index in [0.29, 0.717) is 0 Å². The van der Waals surface area contributed by atoms with Crippen LogP contribution in [0.3, 0.4) is 0 Å². The number of aliphatic hydroxyl groups is 2. The van der Waals surface area contributed by atoms with Crippen LogP contribution in [0.15, 0.2) is 27.4 Å². The predicted octanol–water partition coefficient (Wildman–Crippen LogP) is -0.337. The quantitative estimate of drug-likeness (QED) is 0.257. The van der Waals surface area contributed by atoms with Crippen LogP contribution in [0.25, 0.3) is 11.0 Å². The van der Waals surface area contributed by atoms with Crippen molar-refractivity contribution in [2.24, 2.45) is 16.2 Å². The Morgan fingerprint density at radius 1 is 1.68 bits per heavy atom. The molecule has 132 valence electrons. The number of H-pyrrole nitrogens is 1. The van der Waals surface area contributed by atoms with E-state index >= 15 is 4.39 Å². The molecule has 11 heteroatoms. The molecule has 25 heavy (non-hydrogen) atoms. The molecule has 0 aliphatic carbocycles. The van der Waals surface area contributed by atoms with Gasteiger partial charge in [-0.25, -0.2) is 4.39 Å². The highest BCUT2D eigenvalue weighted by Crippen LogP contribution is 2.43. The zero-order valence-corrected chi connectivity index (χ0v) is 13.0. The van der Waals surface area contributed by atoms with E-state index in [0.717, 1.165) is 4.57 Å². The number of fused-ring (bicyclic) bond motifs is 1. The Bertz CT molecular complexity index is 932. The highest BCUT2D eigenvalue weighted by Gasteiger charge is 2.58. The maximum atomic E-state index is 15.2. The molecule has 3 rings (SSSR count). The van der Waals surface area contributed by atoms with Gasteiger partial charge in [-0.15, -0.1) is 6.42 Å². The number of aromatic amines is 1. The standard InChI is InChI=1S/C14H15FN6O4/c1-3-14(15)9(23)8(6(2)22)25-12(14)21-5-4-7-10(21)17-13(19-20-16)18-11(7)24/h1,4-6,8-9,12,22-23H,2H3,(H3,16,17,18,19,24)/t6-,8+,9?,12+,14+/m0/s1. The monoisotopic (exact) mass is 350 g/mol. The molecule has 1 fully saturated rings. The van der Waals surface area contributed by atoms with E-state index in [1.54, 1.807) is 0 Å². The number of nitrogens with one attached hydrogen (secondary N) is 1. The van der Waals surface area contributed by atoms with Gasteiger partial charge in [0.1, 0.15) is 12.2 Å². The van der Waals surface area contributed by atoms with E-state index in [1.165, 1.54) is 19.2 Å². The average molecular weight is 350 g/mol. The number of aliphatic hydroxyl groups excluding tert-OH is 2. The molecule has 5 N–H and O–H groups in total. The summed E-state index contributed by atoms with van der Waals surface area (Å²) in [4.78, 5) is 18.4. The molecule has 0 saturated carbocycles. The first-order chi connectivity index (χ1) is 11.8. The highest BCUT2D eigenvalue weighted by atomic mass is 19.1. The Kier molecular flexibility index (Phi) is 4.03. The first kappa shape index (κ1) is 17.0. The van der Waals surface area contributed by atoms with Crippen LogP contribution in [0, 0.1) is 12.3 Å². The molecule has 0 aromatic carbocycles. The van der Waals surface area contributed by atoms with Crippen molar-refractivity contribution in [2.75, 3.05) is 0 Å². The van der Waals surface area contributed by atoms with Crippen molar-refractivity contribution in [3.05, 3.63) is 22.6 Å². The smallest absolute Gasteiger partial charge is 0.261 e. The summed E-state index contributed by atoms with van der Waals surface area (Å²) < 4.78 is 21.8. The molecule has 1 saturated heterocycles. The minimum absolute atomic E-state index is 0.00636. The van der Waals surface area contributed by atoms with Crippen LogP contribution in [0.5, 0.6) is 0 Å². The fourth-order valence-corrected chi connectivity index (χ4v) is 2.83. The lowest BCUT2D eigenvalue weighted by Crippen LogP contribution is -2.43. The molecule has 1 aliphatic rings. The number of aromatic nitrogens is 3. The SMILES string of the molecule is C#C[C@@]1(F)C(O)[C@@H]([C@H](C)O)O[C@H]1n1ccc2c(=O)[nH]c(N=NN)nc21. The van der Waals surface area contributed by atoms with E-state index in [4.69, 9.17) is 17.0 Å². The largest absolute Gasteiger partial charge is 0.391 e. The molecular weight excluding hydrogens is 335 g/mol. The van der Waals surface area contributed by atoms with Crippen molar-refractivity contribution in [1.82, 2.24) is 14.5 Å². The van der Waals surface area contributed by atoms with Gasteiger partial charge in [-0.1, -0.05) is 16.3 Å². The zero-order chi connectivity index (χ0) is 18.4. The number of rotatable bonds is 3. The van der Waals surface area contributed by atoms with E-state index in [1.807, 2.05) is 5.92 Å². The lowest BCUT2D eigenvalue weighted by Gasteiger charge is -2.24. The van der Waals surface area contributed by atoms with Crippen LogP contribution >= 0.6 is 0 Å². The second-order valence-corrected chi connectivity index (χ2v) is 5.62. The normalized spacial score (nSPS) is 30.8. The Morgan fingerprint density at radius 2 is 2.40 bits per heavy atom. The molecule has 0 bridgehead atoms. The van der Waals surface area contributed by atoms with Crippen molar-refractivity contribution in [3.63, 3.8) is 0 Å². The molecule has 2 aromatic heterocycles. The molecule has 2 aromatic rings. The minimum Gasteiger partial charge on any atom is -0.391 e. The van der Waals surface area contributed by atoms with Crippen LogP contribution in [-0.2, 0) is 4.74 Å². The van der Waals surface area contributed by atoms with Gasteiger partial charge in [0.25, 0.3) is 11.5 Å². The summed E-state index contributed by atoms with van der Waals surface area (Å²) in [7, 11) is 0. The van der Waals surface area contributed by atoms with Gasteiger partial charge in [-0.2, -0.15) is 4.98 Å². The number of halogens is 1. The summed E-state index contributed by atoms with van der Waals surface area (Å²) in [6.07, 6.45) is 0.889. The second-order valence-electron chi connectivity index (χ2n) is 5.62. The third-order valence-electron chi connectivity index (χ3n) is 4.06. The average Bonchev–Trinajstić information content (AvgIpc) is 3.09. The number of ether oxygens (including phenoxy) is 1. The van der Waals surface area contributed by atoms with Gasteiger partial charge in [-0.3, -0.25) is 9.78 Å². The van der Waals surface area contributed by atoms with Gasteiger partial charge in [0.2, 0.25) is 5.67 Å². The van der Waals surface area contributed by atoms with Crippen molar-refractivity contribution >= 4 is 17.0 Å². The summed E-state index contributed by atoms with van der Waals surface area (Å²) in [6, 6.07) is 1.38. The third-order valence-corrected chi connectivity index (χ3v) is 4.06. The Labute approximate surface area is 140 Å². The third kappa shape index (κ3) is 2.47. The van der Waals surface area contributed by atoms with Crippen LogP contribution < -0.4 is 11.4 Å². The van der Waals surface area contributed by atoms with Crippen molar-refractivity contribution in [2.45, 2.75) is 37.1 Å². The van der Waals surface area contributed by atoms with Gasteiger partial charge in [0.05, 0.1) is 11.5 Å². The van der Waals surface area contributed by atoms with Crippen molar-refractivity contribution < 1.29 is 19.3 Å². The van der Waals surface area contributed by atoms with Crippen molar-refractivity contribution in [3.8, 4) is 12.3 Å². The van der Waals surface area contributed by atoms with Crippen LogP contribution in [-0.4, -0.2) is 48.7 Å². The minimum atomic E-state index is -2.65. The molecule has 5 atom stereocenters. The lowest BCUT2D eigenvalue weighted by molar-refractivity contribution is -0.0775.